The number of phenols is 1. The quantitative estimate of drug-likeness (QED) is 0.863. The van der Waals surface area contributed by atoms with E-state index >= 15 is 0 Å². The SMILES string of the molecule is O=Nc1ccc(S(=O)(=O)c2ccccc2)cc1O. The second-order valence-corrected chi connectivity index (χ2v) is 5.51. The highest BCUT2D eigenvalue weighted by Gasteiger charge is 2.18. The van der Waals surface area contributed by atoms with Gasteiger partial charge in [0.25, 0.3) is 0 Å². The van der Waals surface area contributed by atoms with Gasteiger partial charge in [0.2, 0.25) is 9.84 Å². The van der Waals surface area contributed by atoms with Crippen LogP contribution in [0.1, 0.15) is 0 Å². The predicted octanol–water partition coefficient (Wildman–Crippen LogP) is 2.62. The Kier molecular flexibility index (Phi) is 3.12. The summed E-state index contributed by atoms with van der Waals surface area (Å²) in [5, 5.41) is 12.0. The van der Waals surface area contributed by atoms with Crippen LogP contribution in [0, 0.1) is 4.91 Å². The van der Waals surface area contributed by atoms with Gasteiger partial charge in [-0.05, 0) is 29.4 Å². The molecule has 6 heteroatoms. The second kappa shape index (κ2) is 4.58. The zero-order valence-electron chi connectivity index (χ0n) is 9.15. The third-order valence-electron chi connectivity index (χ3n) is 2.41. The van der Waals surface area contributed by atoms with Crippen LogP contribution in [0.15, 0.2) is 63.5 Å². The average molecular weight is 263 g/mol. The summed E-state index contributed by atoms with van der Waals surface area (Å²) < 4.78 is 24.3. The van der Waals surface area contributed by atoms with Crippen molar-refractivity contribution in [2.75, 3.05) is 0 Å². The lowest BCUT2D eigenvalue weighted by Crippen LogP contribution is -2.01. The highest BCUT2D eigenvalue weighted by molar-refractivity contribution is 7.91. The van der Waals surface area contributed by atoms with Crippen LogP contribution in [0.4, 0.5) is 5.69 Å². The average Bonchev–Trinajstić information content (AvgIpc) is 2.39. The number of nitroso groups, excluding NO2 is 1. The van der Waals surface area contributed by atoms with Crippen molar-refractivity contribution in [2.24, 2.45) is 5.18 Å². The molecule has 0 heterocycles. The smallest absolute Gasteiger partial charge is 0.206 e. The predicted molar refractivity (Wildman–Crippen MR) is 65.5 cm³/mol. The van der Waals surface area contributed by atoms with E-state index in [4.69, 9.17) is 0 Å². The van der Waals surface area contributed by atoms with Gasteiger partial charge < -0.3 is 5.11 Å². The number of sulfone groups is 1. The van der Waals surface area contributed by atoms with E-state index in [-0.39, 0.29) is 15.5 Å². The maximum absolute atomic E-state index is 12.2. The highest BCUT2D eigenvalue weighted by Crippen LogP contribution is 2.31. The fraction of sp³-hybridized carbons (Fsp3) is 0. The van der Waals surface area contributed by atoms with E-state index in [0.29, 0.717) is 0 Å². The minimum absolute atomic E-state index is 0.0846. The second-order valence-electron chi connectivity index (χ2n) is 3.56. The molecule has 0 aromatic heterocycles. The Bertz CT molecular complexity index is 680. The molecule has 92 valence electrons. The van der Waals surface area contributed by atoms with E-state index in [1.54, 1.807) is 18.2 Å². The van der Waals surface area contributed by atoms with Gasteiger partial charge in [-0.1, -0.05) is 18.2 Å². The summed E-state index contributed by atoms with van der Waals surface area (Å²) in [6.07, 6.45) is 0. The summed E-state index contributed by atoms with van der Waals surface area (Å²) >= 11 is 0. The molecule has 2 aromatic rings. The Morgan fingerprint density at radius 2 is 1.61 bits per heavy atom. The van der Waals surface area contributed by atoms with Crippen LogP contribution < -0.4 is 0 Å². The van der Waals surface area contributed by atoms with Gasteiger partial charge in [-0.3, -0.25) is 0 Å². The van der Waals surface area contributed by atoms with Crippen LogP contribution in [0.5, 0.6) is 5.75 Å². The first-order valence-electron chi connectivity index (χ1n) is 5.02. The summed E-state index contributed by atoms with van der Waals surface area (Å²) in [7, 11) is -3.69. The van der Waals surface area contributed by atoms with Crippen molar-refractivity contribution in [3.8, 4) is 5.75 Å². The number of nitrogens with zero attached hydrogens (tertiary/aromatic N) is 1. The van der Waals surface area contributed by atoms with Crippen molar-refractivity contribution in [2.45, 2.75) is 9.79 Å². The first kappa shape index (κ1) is 12.3. The molecule has 5 nitrogen and oxygen atoms in total. The molecule has 2 rings (SSSR count). The normalized spacial score (nSPS) is 11.1. The van der Waals surface area contributed by atoms with Gasteiger partial charge in [-0.25, -0.2) is 8.42 Å². The number of hydrogen-bond acceptors (Lipinski definition) is 5. The van der Waals surface area contributed by atoms with Crippen LogP contribution in [0.2, 0.25) is 0 Å². The van der Waals surface area contributed by atoms with Crippen molar-refractivity contribution in [3.05, 3.63) is 53.4 Å². The summed E-state index contributed by atoms with van der Waals surface area (Å²) in [5.74, 6) is -0.456. The van der Waals surface area contributed by atoms with Gasteiger partial charge in [0.15, 0.2) is 0 Å². The molecule has 0 spiro atoms. The number of phenolic OH excluding ortho intramolecular Hbond substituents is 1. The van der Waals surface area contributed by atoms with Gasteiger partial charge in [0.1, 0.15) is 11.4 Å². The molecule has 2 aromatic carbocycles. The Morgan fingerprint density at radius 1 is 0.944 bits per heavy atom. The minimum Gasteiger partial charge on any atom is -0.506 e. The summed E-state index contributed by atoms with van der Waals surface area (Å²) in [6, 6.07) is 11.2. The molecule has 0 bridgehead atoms. The van der Waals surface area contributed by atoms with E-state index in [1.807, 2.05) is 0 Å². The van der Waals surface area contributed by atoms with E-state index in [9.17, 15) is 18.4 Å². The van der Waals surface area contributed by atoms with Gasteiger partial charge in [-0.2, -0.15) is 0 Å². The van der Waals surface area contributed by atoms with Crippen LogP contribution in [0.25, 0.3) is 0 Å². The molecule has 0 unspecified atom stereocenters. The number of rotatable bonds is 3. The third-order valence-corrected chi connectivity index (χ3v) is 4.18. The molecule has 0 fully saturated rings. The van der Waals surface area contributed by atoms with E-state index < -0.39 is 15.6 Å². The fourth-order valence-electron chi connectivity index (χ4n) is 1.48. The molecule has 0 saturated carbocycles. The van der Waals surface area contributed by atoms with Crippen LogP contribution >= 0.6 is 0 Å². The topological polar surface area (TPSA) is 83.8 Å². The molecular weight excluding hydrogens is 254 g/mol. The maximum Gasteiger partial charge on any atom is 0.206 e. The van der Waals surface area contributed by atoms with Crippen LogP contribution in [-0.2, 0) is 9.84 Å². The van der Waals surface area contributed by atoms with Crippen molar-refractivity contribution >= 4 is 15.5 Å². The Balaban J connectivity index is 2.55. The molecule has 0 aliphatic carbocycles. The first-order valence-corrected chi connectivity index (χ1v) is 6.50. The molecule has 1 N–H and O–H groups in total. The fourth-order valence-corrected chi connectivity index (χ4v) is 2.78. The highest BCUT2D eigenvalue weighted by atomic mass is 32.2. The largest absolute Gasteiger partial charge is 0.506 e. The summed E-state index contributed by atoms with van der Waals surface area (Å²) in [5.41, 5.74) is -0.193. The summed E-state index contributed by atoms with van der Waals surface area (Å²) in [4.78, 5) is 10.3. The lowest BCUT2D eigenvalue weighted by molar-refractivity contribution is 0.474. The first-order chi connectivity index (χ1) is 8.55. The number of hydrogen-bond donors (Lipinski definition) is 1. The van der Waals surface area contributed by atoms with Gasteiger partial charge in [0, 0.05) is 6.07 Å². The van der Waals surface area contributed by atoms with E-state index in [1.165, 1.54) is 18.2 Å². The lowest BCUT2D eigenvalue weighted by atomic mass is 10.3. The van der Waals surface area contributed by atoms with E-state index in [0.717, 1.165) is 12.1 Å². The molecule has 0 atom stereocenters. The molecule has 18 heavy (non-hydrogen) atoms. The molecular formula is C12H9NO4S. The molecule has 0 amide bonds. The van der Waals surface area contributed by atoms with Crippen molar-refractivity contribution in [1.29, 1.82) is 0 Å². The molecule has 0 radical (unpaired) electrons. The standard InChI is InChI=1S/C12H9NO4S/c14-12-8-10(6-7-11(12)13-15)18(16,17)9-4-2-1-3-5-9/h1-8,14H. The number of benzene rings is 2. The van der Waals surface area contributed by atoms with E-state index in [2.05, 4.69) is 5.18 Å². The number of aromatic hydroxyl groups is 1. The Labute approximate surface area is 104 Å². The zero-order chi connectivity index (χ0) is 13.2. The van der Waals surface area contributed by atoms with Gasteiger partial charge >= 0.3 is 0 Å². The Morgan fingerprint density at radius 3 is 2.17 bits per heavy atom. The zero-order valence-corrected chi connectivity index (χ0v) is 9.96. The molecule has 0 aliphatic heterocycles. The monoisotopic (exact) mass is 263 g/mol. The van der Waals surface area contributed by atoms with Crippen LogP contribution in [0.3, 0.4) is 0 Å². The van der Waals surface area contributed by atoms with Crippen molar-refractivity contribution < 1.29 is 13.5 Å². The van der Waals surface area contributed by atoms with Crippen molar-refractivity contribution in [1.82, 2.24) is 0 Å². The lowest BCUT2D eigenvalue weighted by Gasteiger charge is -2.05. The molecule has 0 aliphatic rings. The van der Waals surface area contributed by atoms with Gasteiger partial charge in [0.05, 0.1) is 9.79 Å². The Hall–Kier alpha value is -2.21. The third kappa shape index (κ3) is 2.10. The minimum atomic E-state index is -3.69. The maximum atomic E-state index is 12.2. The van der Waals surface area contributed by atoms with Crippen LogP contribution in [-0.4, -0.2) is 13.5 Å². The molecule has 0 saturated heterocycles. The van der Waals surface area contributed by atoms with Gasteiger partial charge in [-0.15, -0.1) is 4.91 Å². The van der Waals surface area contributed by atoms with Crippen molar-refractivity contribution in [3.63, 3.8) is 0 Å². The summed E-state index contributed by atoms with van der Waals surface area (Å²) in [6.45, 7) is 0.